The van der Waals surface area contributed by atoms with E-state index in [0.29, 0.717) is 56.4 Å². The van der Waals surface area contributed by atoms with Gasteiger partial charge in [0.1, 0.15) is 28.6 Å². The van der Waals surface area contributed by atoms with Crippen LogP contribution in [-0.4, -0.2) is 58.0 Å². The molecule has 46 heavy (non-hydrogen) atoms. The Kier molecular flexibility index (Phi) is 12.6. The van der Waals surface area contributed by atoms with Crippen LogP contribution in [0.2, 0.25) is 10.0 Å². The molecule has 0 fully saturated rings. The summed E-state index contributed by atoms with van der Waals surface area (Å²) >= 11 is 12.7. The first-order chi connectivity index (χ1) is 22.1. The standard InChI is InChI=1S/C35H38Cl2N2O7/c1-5-19-43-29(33(34(40)41)46-28-16-14-26(37)24-10-8-18-39-32(24)28)11-6-12-30(35(42)44-22(4)20-21(2)3)45-27-15-13-25(36)23-9-7-17-38-31(23)27/h5,7-10,13-18,21-22,29-30,33H,1,6,11-12,19-20H2,2-4H3,(H,40,41). The van der Waals surface area contributed by atoms with Gasteiger partial charge in [0, 0.05) is 23.2 Å². The fraction of sp³-hybridized carbons (Fsp3) is 0.371. The summed E-state index contributed by atoms with van der Waals surface area (Å²) in [6.45, 7) is 9.74. The van der Waals surface area contributed by atoms with E-state index in [4.69, 9.17) is 42.1 Å². The molecule has 0 aliphatic heterocycles. The molecule has 4 aromatic rings. The Labute approximate surface area is 278 Å². The number of nitrogens with zero attached hydrogens (tertiary/aromatic N) is 2. The van der Waals surface area contributed by atoms with Crippen LogP contribution in [0.4, 0.5) is 0 Å². The smallest absolute Gasteiger partial charge is 0.347 e. The highest BCUT2D eigenvalue weighted by Gasteiger charge is 2.33. The maximum absolute atomic E-state index is 13.5. The lowest BCUT2D eigenvalue weighted by Crippen LogP contribution is -2.41. The van der Waals surface area contributed by atoms with Crippen molar-refractivity contribution in [3.05, 3.63) is 83.6 Å². The van der Waals surface area contributed by atoms with Gasteiger partial charge in [-0.3, -0.25) is 9.97 Å². The van der Waals surface area contributed by atoms with Crippen LogP contribution in [0.5, 0.6) is 11.5 Å². The summed E-state index contributed by atoms with van der Waals surface area (Å²) in [6, 6.07) is 13.7. The van der Waals surface area contributed by atoms with Gasteiger partial charge in [-0.2, -0.15) is 0 Å². The quantitative estimate of drug-likeness (QED) is 0.0879. The number of carbonyl (C=O) groups is 2. The van der Waals surface area contributed by atoms with Crippen LogP contribution in [-0.2, 0) is 19.1 Å². The van der Waals surface area contributed by atoms with Gasteiger partial charge >= 0.3 is 11.9 Å². The zero-order chi connectivity index (χ0) is 33.2. The summed E-state index contributed by atoms with van der Waals surface area (Å²) in [7, 11) is 0. The van der Waals surface area contributed by atoms with Gasteiger partial charge < -0.3 is 24.1 Å². The predicted molar refractivity (Wildman–Crippen MR) is 179 cm³/mol. The van der Waals surface area contributed by atoms with Crippen molar-refractivity contribution < 1.29 is 33.6 Å². The molecular weight excluding hydrogens is 631 g/mol. The second-order valence-electron chi connectivity index (χ2n) is 11.3. The third-order valence-electron chi connectivity index (χ3n) is 7.23. The Morgan fingerprint density at radius 1 is 0.891 bits per heavy atom. The number of ether oxygens (including phenoxy) is 4. The lowest BCUT2D eigenvalue weighted by Gasteiger charge is -2.26. The molecule has 0 aliphatic carbocycles. The molecule has 0 amide bonds. The molecule has 1 N–H and O–H groups in total. The van der Waals surface area contributed by atoms with Gasteiger partial charge in [0.2, 0.25) is 6.10 Å². The largest absolute Gasteiger partial charge is 0.478 e. The Morgan fingerprint density at radius 2 is 1.48 bits per heavy atom. The van der Waals surface area contributed by atoms with Crippen LogP contribution in [0.15, 0.2) is 73.6 Å². The summed E-state index contributed by atoms with van der Waals surface area (Å²) in [5, 5.41) is 12.5. The second kappa shape index (κ2) is 16.6. The minimum Gasteiger partial charge on any atom is -0.478 e. The fourth-order valence-corrected chi connectivity index (χ4v) is 5.65. The number of hydrogen-bond acceptors (Lipinski definition) is 8. The number of hydrogen-bond donors (Lipinski definition) is 1. The van der Waals surface area contributed by atoms with Crippen LogP contribution in [0, 0.1) is 5.92 Å². The van der Waals surface area contributed by atoms with Crippen LogP contribution in [0.25, 0.3) is 21.8 Å². The van der Waals surface area contributed by atoms with Crippen LogP contribution < -0.4 is 9.47 Å². The third kappa shape index (κ3) is 9.09. The number of benzene rings is 2. The molecule has 2 aromatic carbocycles. The number of pyridine rings is 2. The minimum absolute atomic E-state index is 0.0918. The van der Waals surface area contributed by atoms with E-state index >= 15 is 0 Å². The predicted octanol–water partition coefficient (Wildman–Crippen LogP) is 8.09. The molecule has 4 atom stereocenters. The SMILES string of the molecule is C=CCOC(CCCC(Oc1ccc(Cl)c2cccnc12)C(=O)OC(C)CC(C)C)C(Oc1ccc(Cl)c2cccnc12)C(=O)O. The zero-order valence-corrected chi connectivity index (χ0v) is 27.5. The first kappa shape index (κ1) is 34.9. The third-order valence-corrected chi connectivity index (χ3v) is 7.89. The summed E-state index contributed by atoms with van der Waals surface area (Å²) < 4.78 is 24.0. The van der Waals surface area contributed by atoms with Crippen molar-refractivity contribution in [3.8, 4) is 11.5 Å². The van der Waals surface area contributed by atoms with Crippen molar-refractivity contribution in [2.24, 2.45) is 5.92 Å². The van der Waals surface area contributed by atoms with E-state index < -0.39 is 30.3 Å². The normalized spacial score (nSPS) is 14.0. The lowest BCUT2D eigenvalue weighted by molar-refractivity contribution is -0.158. The zero-order valence-electron chi connectivity index (χ0n) is 26.0. The van der Waals surface area contributed by atoms with Gasteiger partial charge in [-0.05, 0) is 87.1 Å². The first-order valence-corrected chi connectivity index (χ1v) is 15.9. The number of carboxylic acids is 1. The molecule has 2 aromatic heterocycles. The minimum atomic E-state index is -1.40. The van der Waals surface area contributed by atoms with Crippen molar-refractivity contribution in [1.82, 2.24) is 9.97 Å². The van der Waals surface area contributed by atoms with Crippen molar-refractivity contribution in [3.63, 3.8) is 0 Å². The van der Waals surface area contributed by atoms with Gasteiger partial charge in [-0.25, -0.2) is 9.59 Å². The van der Waals surface area contributed by atoms with E-state index in [1.54, 1.807) is 54.9 Å². The van der Waals surface area contributed by atoms with E-state index in [1.165, 1.54) is 6.08 Å². The van der Waals surface area contributed by atoms with Gasteiger partial charge in [-0.1, -0.05) is 43.1 Å². The number of rotatable bonds is 17. The van der Waals surface area contributed by atoms with Crippen molar-refractivity contribution in [2.75, 3.05) is 6.61 Å². The highest BCUT2D eigenvalue weighted by molar-refractivity contribution is 6.36. The molecule has 9 nitrogen and oxygen atoms in total. The Balaban J connectivity index is 1.56. The number of carbonyl (C=O) groups excluding carboxylic acids is 1. The number of aliphatic carboxylic acids is 1. The van der Waals surface area contributed by atoms with Crippen molar-refractivity contribution in [1.29, 1.82) is 0 Å². The summed E-state index contributed by atoms with van der Waals surface area (Å²) in [5.74, 6) is -0.783. The van der Waals surface area contributed by atoms with Gasteiger partial charge in [0.15, 0.2) is 6.10 Å². The molecule has 4 rings (SSSR count). The molecule has 2 heterocycles. The summed E-state index contributed by atoms with van der Waals surface area (Å²) in [4.78, 5) is 34.7. The number of carboxylic acid groups (broad SMARTS) is 1. The molecule has 0 radical (unpaired) electrons. The molecule has 0 spiro atoms. The van der Waals surface area contributed by atoms with Gasteiger partial charge in [-0.15, -0.1) is 6.58 Å². The van der Waals surface area contributed by atoms with E-state index in [2.05, 4.69) is 30.4 Å². The number of esters is 1. The molecule has 244 valence electrons. The van der Waals surface area contributed by atoms with Crippen LogP contribution in [0.3, 0.4) is 0 Å². The Bertz CT molecular complexity index is 1670. The molecule has 0 saturated carbocycles. The number of fused-ring (bicyclic) bond motifs is 2. The number of aromatic nitrogens is 2. The molecule has 0 saturated heterocycles. The van der Waals surface area contributed by atoms with Crippen molar-refractivity contribution in [2.45, 2.75) is 70.9 Å². The van der Waals surface area contributed by atoms with Gasteiger partial charge in [0.25, 0.3) is 0 Å². The fourth-order valence-electron chi connectivity index (χ4n) is 5.22. The maximum atomic E-state index is 13.5. The van der Waals surface area contributed by atoms with Crippen LogP contribution >= 0.6 is 23.2 Å². The second-order valence-corrected chi connectivity index (χ2v) is 12.2. The van der Waals surface area contributed by atoms with Crippen LogP contribution in [0.1, 0.15) is 46.5 Å². The molecule has 0 bridgehead atoms. The Hall–Kier alpha value is -3.92. The molecule has 0 aliphatic rings. The average Bonchev–Trinajstić information content (AvgIpc) is 3.03. The monoisotopic (exact) mass is 668 g/mol. The number of halogens is 2. The maximum Gasteiger partial charge on any atom is 0.347 e. The lowest BCUT2D eigenvalue weighted by atomic mass is 10.0. The highest BCUT2D eigenvalue weighted by Crippen LogP contribution is 2.33. The summed E-state index contributed by atoms with van der Waals surface area (Å²) in [6.07, 6.45) is 2.55. The Morgan fingerprint density at radius 3 is 2.02 bits per heavy atom. The molecule has 4 unspecified atom stereocenters. The van der Waals surface area contributed by atoms with Gasteiger partial charge in [0.05, 0.1) is 22.8 Å². The van der Waals surface area contributed by atoms with E-state index in [9.17, 15) is 14.7 Å². The van der Waals surface area contributed by atoms with E-state index in [0.717, 1.165) is 0 Å². The topological polar surface area (TPSA) is 117 Å². The molecule has 11 heteroatoms. The van der Waals surface area contributed by atoms with E-state index in [-0.39, 0.29) is 31.3 Å². The average molecular weight is 670 g/mol. The summed E-state index contributed by atoms with van der Waals surface area (Å²) in [5.41, 5.74) is 0.942. The first-order valence-electron chi connectivity index (χ1n) is 15.1. The van der Waals surface area contributed by atoms with Crippen molar-refractivity contribution >= 4 is 56.9 Å². The highest BCUT2D eigenvalue weighted by atomic mass is 35.5. The molecular formula is C35H38Cl2N2O7. The van der Waals surface area contributed by atoms with E-state index in [1.807, 2.05) is 13.0 Å².